The standard InChI is InChI=1S/C22H25NOS/c1-5-13-25-15-17-14-22(2,3)23-21-19(7-6-8-20(17)21)16-9-11-18(24-4)12-10-16/h5-12,14,23H,1,13,15H2,2-4H3. The van der Waals surface area contributed by atoms with Crippen LogP contribution in [0.3, 0.4) is 0 Å². The van der Waals surface area contributed by atoms with E-state index in [1.54, 1.807) is 7.11 Å². The van der Waals surface area contributed by atoms with E-state index in [4.69, 9.17) is 4.74 Å². The Hall–Kier alpha value is -2.13. The second kappa shape index (κ2) is 7.40. The highest BCUT2D eigenvalue weighted by atomic mass is 32.2. The molecule has 0 aliphatic carbocycles. The van der Waals surface area contributed by atoms with Gasteiger partial charge in [0, 0.05) is 22.6 Å². The summed E-state index contributed by atoms with van der Waals surface area (Å²) in [6.45, 7) is 8.26. The Balaban J connectivity index is 2.03. The maximum Gasteiger partial charge on any atom is 0.118 e. The molecule has 0 fully saturated rings. The van der Waals surface area contributed by atoms with Crippen molar-refractivity contribution >= 4 is 23.0 Å². The van der Waals surface area contributed by atoms with Gasteiger partial charge in [0.2, 0.25) is 0 Å². The van der Waals surface area contributed by atoms with Gasteiger partial charge in [-0.3, -0.25) is 0 Å². The van der Waals surface area contributed by atoms with Crippen LogP contribution in [0.1, 0.15) is 19.4 Å². The zero-order chi connectivity index (χ0) is 17.9. The fourth-order valence-electron chi connectivity index (χ4n) is 3.21. The maximum absolute atomic E-state index is 5.29. The molecule has 0 amide bonds. The molecule has 1 heterocycles. The van der Waals surface area contributed by atoms with Gasteiger partial charge in [0.05, 0.1) is 18.3 Å². The quantitative estimate of drug-likeness (QED) is 0.519. The molecule has 130 valence electrons. The lowest BCUT2D eigenvalue weighted by Crippen LogP contribution is -2.32. The van der Waals surface area contributed by atoms with E-state index in [0.717, 1.165) is 17.3 Å². The number of nitrogens with one attached hydrogen (secondary N) is 1. The Kier molecular flexibility index (Phi) is 5.24. The summed E-state index contributed by atoms with van der Waals surface area (Å²) in [5.41, 5.74) is 6.26. The molecule has 0 saturated carbocycles. The first-order valence-electron chi connectivity index (χ1n) is 8.50. The van der Waals surface area contributed by atoms with Crippen molar-refractivity contribution in [3.05, 3.63) is 66.8 Å². The zero-order valence-electron chi connectivity index (χ0n) is 15.1. The first kappa shape index (κ1) is 17.7. The van der Waals surface area contributed by atoms with Gasteiger partial charge in [-0.15, -0.1) is 6.58 Å². The smallest absolute Gasteiger partial charge is 0.118 e. The summed E-state index contributed by atoms with van der Waals surface area (Å²) in [6, 6.07) is 14.8. The molecule has 0 spiro atoms. The van der Waals surface area contributed by atoms with Gasteiger partial charge in [-0.1, -0.05) is 42.5 Å². The van der Waals surface area contributed by atoms with Crippen molar-refractivity contribution in [1.29, 1.82) is 0 Å². The predicted octanol–water partition coefficient (Wildman–Crippen LogP) is 5.87. The van der Waals surface area contributed by atoms with Crippen LogP contribution in [0.4, 0.5) is 5.69 Å². The fourth-order valence-corrected chi connectivity index (χ4v) is 3.95. The molecule has 2 aromatic rings. The van der Waals surface area contributed by atoms with Gasteiger partial charge in [-0.05, 0) is 37.1 Å². The van der Waals surface area contributed by atoms with Gasteiger partial charge in [0.1, 0.15) is 5.75 Å². The topological polar surface area (TPSA) is 21.3 Å². The molecule has 1 aliphatic heterocycles. The number of fused-ring (bicyclic) bond motifs is 1. The third-order valence-electron chi connectivity index (χ3n) is 4.29. The van der Waals surface area contributed by atoms with Crippen molar-refractivity contribution in [1.82, 2.24) is 0 Å². The zero-order valence-corrected chi connectivity index (χ0v) is 16.0. The Bertz CT molecular complexity index is 790. The number of hydrogen-bond acceptors (Lipinski definition) is 3. The third-order valence-corrected chi connectivity index (χ3v) is 5.27. The molecule has 0 radical (unpaired) electrons. The summed E-state index contributed by atoms with van der Waals surface area (Å²) in [5.74, 6) is 2.85. The normalized spacial score (nSPS) is 14.9. The SMILES string of the molecule is C=CCSCC1=CC(C)(C)Nc2c1cccc2-c1ccc(OC)cc1. The fraction of sp³-hybridized carbons (Fsp3) is 0.273. The molecule has 1 N–H and O–H groups in total. The monoisotopic (exact) mass is 351 g/mol. The number of hydrogen-bond donors (Lipinski definition) is 1. The molecule has 0 atom stereocenters. The summed E-state index contributed by atoms with van der Waals surface area (Å²) >= 11 is 1.90. The van der Waals surface area contributed by atoms with E-state index >= 15 is 0 Å². The molecule has 3 rings (SSSR count). The Morgan fingerprint density at radius 3 is 2.52 bits per heavy atom. The van der Waals surface area contributed by atoms with Crippen LogP contribution in [0.15, 0.2) is 61.2 Å². The lowest BCUT2D eigenvalue weighted by molar-refractivity contribution is 0.415. The Morgan fingerprint density at radius 1 is 1.12 bits per heavy atom. The first-order chi connectivity index (χ1) is 12.0. The minimum atomic E-state index is -0.0698. The van der Waals surface area contributed by atoms with Crippen LogP contribution >= 0.6 is 11.8 Å². The number of methoxy groups -OCH3 is 1. The maximum atomic E-state index is 5.29. The van der Waals surface area contributed by atoms with Crippen LogP contribution in [-0.2, 0) is 0 Å². The number of benzene rings is 2. The Morgan fingerprint density at radius 2 is 1.84 bits per heavy atom. The predicted molar refractivity (Wildman–Crippen MR) is 112 cm³/mol. The van der Waals surface area contributed by atoms with Crippen molar-refractivity contribution < 1.29 is 4.74 Å². The first-order valence-corrected chi connectivity index (χ1v) is 9.66. The van der Waals surface area contributed by atoms with Gasteiger partial charge in [0.25, 0.3) is 0 Å². The minimum Gasteiger partial charge on any atom is -0.497 e. The van der Waals surface area contributed by atoms with Gasteiger partial charge >= 0.3 is 0 Å². The summed E-state index contributed by atoms with van der Waals surface area (Å²) in [6.07, 6.45) is 4.31. The molecule has 0 saturated heterocycles. The number of thioether (sulfide) groups is 1. The van der Waals surface area contributed by atoms with Crippen molar-refractivity contribution in [3.8, 4) is 16.9 Å². The van der Waals surface area contributed by atoms with Crippen molar-refractivity contribution in [3.63, 3.8) is 0 Å². The average molecular weight is 352 g/mol. The molecule has 2 aromatic carbocycles. The van der Waals surface area contributed by atoms with E-state index in [1.165, 1.54) is 28.0 Å². The van der Waals surface area contributed by atoms with E-state index in [2.05, 4.69) is 62.2 Å². The Labute approximate surface area is 155 Å². The second-order valence-electron chi connectivity index (χ2n) is 6.78. The number of rotatable bonds is 6. The highest BCUT2D eigenvalue weighted by Crippen LogP contribution is 2.41. The van der Waals surface area contributed by atoms with Gasteiger partial charge in [-0.25, -0.2) is 0 Å². The number of para-hydroxylation sites is 1. The molecule has 1 aliphatic rings. The third kappa shape index (κ3) is 3.93. The molecule has 0 aromatic heterocycles. The van der Waals surface area contributed by atoms with Crippen LogP contribution < -0.4 is 10.1 Å². The molecular weight excluding hydrogens is 326 g/mol. The lowest BCUT2D eigenvalue weighted by atomic mass is 9.88. The van der Waals surface area contributed by atoms with Crippen molar-refractivity contribution in [2.24, 2.45) is 0 Å². The van der Waals surface area contributed by atoms with Crippen LogP contribution in [0.25, 0.3) is 16.7 Å². The van der Waals surface area contributed by atoms with Crippen molar-refractivity contribution in [2.45, 2.75) is 19.4 Å². The van der Waals surface area contributed by atoms with E-state index in [9.17, 15) is 0 Å². The molecule has 3 heteroatoms. The summed E-state index contributed by atoms with van der Waals surface area (Å²) in [4.78, 5) is 0. The number of anilines is 1. The highest BCUT2D eigenvalue weighted by molar-refractivity contribution is 7.99. The van der Waals surface area contributed by atoms with E-state index < -0.39 is 0 Å². The summed E-state index contributed by atoms with van der Waals surface area (Å²) < 4.78 is 5.29. The lowest BCUT2D eigenvalue weighted by Gasteiger charge is -2.34. The van der Waals surface area contributed by atoms with Crippen molar-refractivity contribution in [2.75, 3.05) is 23.9 Å². The molecule has 2 nitrogen and oxygen atoms in total. The second-order valence-corrected chi connectivity index (χ2v) is 7.81. The number of ether oxygens (including phenoxy) is 1. The van der Waals surface area contributed by atoms with Gasteiger partial charge < -0.3 is 10.1 Å². The van der Waals surface area contributed by atoms with E-state index in [1.807, 2.05) is 30.0 Å². The van der Waals surface area contributed by atoms with E-state index in [0.29, 0.717) is 0 Å². The van der Waals surface area contributed by atoms with Crippen LogP contribution in [0.5, 0.6) is 5.75 Å². The minimum absolute atomic E-state index is 0.0698. The highest BCUT2D eigenvalue weighted by Gasteiger charge is 2.26. The largest absolute Gasteiger partial charge is 0.497 e. The molecular formula is C22H25NOS. The van der Waals surface area contributed by atoms with Crippen LogP contribution in [0.2, 0.25) is 0 Å². The van der Waals surface area contributed by atoms with Crippen LogP contribution in [-0.4, -0.2) is 24.2 Å². The van der Waals surface area contributed by atoms with Gasteiger partial charge in [-0.2, -0.15) is 11.8 Å². The molecule has 0 unspecified atom stereocenters. The average Bonchev–Trinajstić information content (AvgIpc) is 2.61. The summed E-state index contributed by atoms with van der Waals surface area (Å²) in [7, 11) is 1.70. The molecule has 25 heavy (non-hydrogen) atoms. The van der Waals surface area contributed by atoms with Gasteiger partial charge in [0.15, 0.2) is 0 Å². The van der Waals surface area contributed by atoms with Crippen LogP contribution in [0, 0.1) is 0 Å². The summed E-state index contributed by atoms with van der Waals surface area (Å²) in [5, 5.41) is 3.72. The molecule has 0 bridgehead atoms. The van der Waals surface area contributed by atoms with E-state index in [-0.39, 0.29) is 5.54 Å².